The second-order valence-electron chi connectivity index (χ2n) is 3.61. The Balaban J connectivity index is 2.55. The third kappa shape index (κ3) is 3.19. The lowest BCUT2D eigenvalue weighted by molar-refractivity contribution is -0.143. The summed E-state index contributed by atoms with van der Waals surface area (Å²) < 4.78 is 5.02. The molecule has 3 nitrogen and oxygen atoms in total. The highest BCUT2D eigenvalue weighted by molar-refractivity contribution is 5.88. The fourth-order valence-electron chi connectivity index (χ4n) is 1.36. The average Bonchev–Trinajstić information content (AvgIpc) is 2.03. The number of esters is 1. The second kappa shape index (κ2) is 4.42. The maximum absolute atomic E-state index is 11.4. The lowest BCUT2D eigenvalue weighted by atomic mass is 9.98. The quantitative estimate of drug-likeness (QED) is 0.660. The van der Waals surface area contributed by atoms with Crippen molar-refractivity contribution >= 4 is 5.97 Å². The third-order valence-electron chi connectivity index (χ3n) is 1.94. The average molecular weight is 184 g/mol. The lowest BCUT2D eigenvalue weighted by Gasteiger charge is -2.17. The van der Waals surface area contributed by atoms with E-state index in [1.54, 1.807) is 6.08 Å². The number of carbonyl (C=O) groups excluding carboxylic acids is 1. The molecular formula is C10H16O3. The largest absolute Gasteiger partial charge is 0.460 e. The van der Waals surface area contributed by atoms with Crippen LogP contribution in [-0.4, -0.2) is 23.3 Å². The van der Waals surface area contributed by atoms with Crippen LogP contribution in [0.15, 0.2) is 11.6 Å². The molecule has 0 bridgehead atoms. The summed E-state index contributed by atoms with van der Waals surface area (Å²) in [5.41, 5.74) is 0.618. The molecule has 1 aliphatic carbocycles. The number of aliphatic hydroxyl groups is 1. The van der Waals surface area contributed by atoms with Gasteiger partial charge in [0.1, 0.15) is 0 Å². The van der Waals surface area contributed by atoms with Gasteiger partial charge >= 0.3 is 5.97 Å². The first-order valence-corrected chi connectivity index (χ1v) is 4.69. The fourth-order valence-corrected chi connectivity index (χ4v) is 1.36. The van der Waals surface area contributed by atoms with E-state index < -0.39 is 6.10 Å². The van der Waals surface area contributed by atoms with E-state index in [-0.39, 0.29) is 12.1 Å². The van der Waals surface area contributed by atoms with E-state index in [2.05, 4.69) is 0 Å². The predicted molar refractivity (Wildman–Crippen MR) is 49.2 cm³/mol. The van der Waals surface area contributed by atoms with Crippen LogP contribution in [0.25, 0.3) is 0 Å². The third-order valence-corrected chi connectivity index (χ3v) is 1.94. The Hall–Kier alpha value is -0.830. The Labute approximate surface area is 78.4 Å². The SMILES string of the molecule is CC(C)OC(=O)C1=C[C@@H](O)CCC1. The Morgan fingerprint density at radius 1 is 1.69 bits per heavy atom. The summed E-state index contributed by atoms with van der Waals surface area (Å²) in [7, 11) is 0. The van der Waals surface area contributed by atoms with E-state index in [9.17, 15) is 9.90 Å². The van der Waals surface area contributed by atoms with Gasteiger partial charge in [0.25, 0.3) is 0 Å². The Morgan fingerprint density at radius 2 is 2.38 bits per heavy atom. The minimum absolute atomic E-state index is 0.0903. The van der Waals surface area contributed by atoms with Crippen LogP contribution in [0.3, 0.4) is 0 Å². The summed E-state index contributed by atoms with van der Waals surface area (Å²) in [6.45, 7) is 3.63. The normalized spacial score (nSPS) is 22.8. The van der Waals surface area contributed by atoms with Gasteiger partial charge in [-0.15, -0.1) is 0 Å². The Morgan fingerprint density at radius 3 is 2.92 bits per heavy atom. The van der Waals surface area contributed by atoms with Gasteiger partial charge in [0.2, 0.25) is 0 Å². The van der Waals surface area contributed by atoms with Crippen molar-refractivity contribution in [3.8, 4) is 0 Å². The van der Waals surface area contributed by atoms with Crippen molar-refractivity contribution in [2.75, 3.05) is 0 Å². The number of carbonyl (C=O) groups is 1. The molecule has 1 aliphatic rings. The van der Waals surface area contributed by atoms with Gasteiger partial charge in [-0.25, -0.2) is 4.79 Å². The summed E-state index contributed by atoms with van der Waals surface area (Å²) in [4.78, 5) is 11.4. The first-order valence-electron chi connectivity index (χ1n) is 4.69. The molecule has 0 spiro atoms. The van der Waals surface area contributed by atoms with Crippen molar-refractivity contribution in [3.63, 3.8) is 0 Å². The highest BCUT2D eigenvalue weighted by Gasteiger charge is 2.18. The minimum Gasteiger partial charge on any atom is -0.460 e. The number of hydrogen-bond donors (Lipinski definition) is 1. The number of hydrogen-bond acceptors (Lipinski definition) is 3. The van der Waals surface area contributed by atoms with Crippen LogP contribution in [0.1, 0.15) is 33.1 Å². The topological polar surface area (TPSA) is 46.5 Å². The summed E-state index contributed by atoms with van der Waals surface area (Å²) in [6, 6.07) is 0. The van der Waals surface area contributed by atoms with E-state index in [1.807, 2.05) is 13.8 Å². The molecule has 0 aromatic carbocycles. The smallest absolute Gasteiger partial charge is 0.334 e. The van der Waals surface area contributed by atoms with E-state index >= 15 is 0 Å². The van der Waals surface area contributed by atoms with Gasteiger partial charge in [-0.2, -0.15) is 0 Å². The van der Waals surface area contributed by atoms with Crippen LogP contribution in [0, 0.1) is 0 Å². The van der Waals surface area contributed by atoms with Gasteiger partial charge in [0.15, 0.2) is 0 Å². The molecule has 0 unspecified atom stereocenters. The van der Waals surface area contributed by atoms with Crippen LogP contribution in [0.2, 0.25) is 0 Å². The van der Waals surface area contributed by atoms with Crippen LogP contribution in [-0.2, 0) is 9.53 Å². The molecule has 0 saturated heterocycles. The molecule has 74 valence electrons. The standard InChI is InChI=1S/C10H16O3/c1-7(2)13-10(12)8-4-3-5-9(11)6-8/h6-7,9,11H,3-5H2,1-2H3/t9-/m0/s1. The van der Waals surface area contributed by atoms with Gasteiger partial charge < -0.3 is 9.84 Å². The van der Waals surface area contributed by atoms with Gasteiger partial charge in [-0.1, -0.05) is 0 Å². The van der Waals surface area contributed by atoms with Gasteiger partial charge in [0, 0.05) is 5.57 Å². The number of aliphatic hydroxyl groups excluding tert-OH is 1. The number of rotatable bonds is 2. The molecule has 1 N–H and O–H groups in total. The summed E-state index contributed by atoms with van der Waals surface area (Å²) >= 11 is 0. The summed E-state index contributed by atoms with van der Waals surface area (Å²) in [6.07, 6.45) is 3.38. The molecule has 0 fully saturated rings. The zero-order chi connectivity index (χ0) is 9.84. The monoisotopic (exact) mass is 184 g/mol. The lowest BCUT2D eigenvalue weighted by Crippen LogP contribution is -2.18. The molecule has 0 aromatic rings. The van der Waals surface area contributed by atoms with Crippen molar-refractivity contribution in [2.45, 2.75) is 45.3 Å². The second-order valence-corrected chi connectivity index (χ2v) is 3.61. The minimum atomic E-state index is -0.469. The van der Waals surface area contributed by atoms with Crippen molar-refractivity contribution in [1.82, 2.24) is 0 Å². The zero-order valence-corrected chi connectivity index (χ0v) is 8.12. The Bertz CT molecular complexity index is 218. The molecule has 1 rings (SSSR count). The molecule has 0 heterocycles. The van der Waals surface area contributed by atoms with Crippen molar-refractivity contribution < 1.29 is 14.6 Å². The van der Waals surface area contributed by atoms with Crippen molar-refractivity contribution in [1.29, 1.82) is 0 Å². The highest BCUT2D eigenvalue weighted by atomic mass is 16.5. The fraction of sp³-hybridized carbons (Fsp3) is 0.700. The number of ether oxygens (including phenoxy) is 1. The summed E-state index contributed by atoms with van der Waals surface area (Å²) in [5.74, 6) is -0.284. The van der Waals surface area contributed by atoms with Crippen LogP contribution in [0.5, 0.6) is 0 Å². The van der Waals surface area contributed by atoms with E-state index in [4.69, 9.17) is 4.74 Å². The first-order chi connectivity index (χ1) is 6.09. The van der Waals surface area contributed by atoms with Gasteiger partial charge in [-0.3, -0.25) is 0 Å². The van der Waals surface area contributed by atoms with E-state index in [1.165, 1.54) is 0 Å². The Kier molecular flexibility index (Phi) is 3.48. The van der Waals surface area contributed by atoms with Crippen LogP contribution < -0.4 is 0 Å². The molecule has 3 heteroatoms. The van der Waals surface area contributed by atoms with Gasteiger partial charge in [0.05, 0.1) is 12.2 Å². The zero-order valence-electron chi connectivity index (χ0n) is 8.12. The van der Waals surface area contributed by atoms with Crippen molar-refractivity contribution in [2.24, 2.45) is 0 Å². The molecule has 13 heavy (non-hydrogen) atoms. The molecule has 0 aromatic heterocycles. The molecule has 0 aliphatic heterocycles. The van der Waals surface area contributed by atoms with Gasteiger partial charge in [-0.05, 0) is 39.2 Å². The maximum Gasteiger partial charge on any atom is 0.334 e. The summed E-state index contributed by atoms with van der Waals surface area (Å²) in [5, 5.41) is 9.28. The molecule has 0 saturated carbocycles. The van der Waals surface area contributed by atoms with E-state index in [0.29, 0.717) is 5.57 Å². The van der Waals surface area contributed by atoms with E-state index in [0.717, 1.165) is 19.3 Å². The molecular weight excluding hydrogens is 168 g/mol. The molecule has 0 radical (unpaired) electrons. The highest BCUT2D eigenvalue weighted by Crippen LogP contribution is 2.19. The molecule has 1 atom stereocenters. The van der Waals surface area contributed by atoms with Crippen molar-refractivity contribution in [3.05, 3.63) is 11.6 Å². The maximum atomic E-state index is 11.4. The van der Waals surface area contributed by atoms with Crippen LogP contribution >= 0.6 is 0 Å². The first kappa shape index (κ1) is 10.3. The van der Waals surface area contributed by atoms with Crippen LogP contribution in [0.4, 0.5) is 0 Å². The molecule has 0 amide bonds. The predicted octanol–water partition coefficient (Wildman–Crippen LogP) is 1.41.